The second kappa shape index (κ2) is 9.17. The summed E-state index contributed by atoms with van der Waals surface area (Å²) in [5.41, 5.74) is 3.36. The number of esters is 1. The van der Waals surface area contributed by atoms with Gasteiger partial charge in [0.1, 0.15) is 11.6 Å². The van der Waals surface area contributed by atoms with Crippen LogP contribution in [0, 0.1) is 5.82 Å². The van der Waals surface area contributed by atoms with Crippen LogP contribution in [0.1, 0.15) is 22.8 Å². The fourth-order valence-corrected chi connectivity index (χ4v) is 1.81. The summed E-state index contributed by atoms with van der Waals surface area (Å²) in [4.78, 5) is 23.1. The summed E-state index contributed by atoms with van der Waals surface area (Å²) in [6.45, 7) is 1.79. The monoisotopic (exact) mass is 344 g/mol. The molecule has 2 aromatic rings. The van der Waals surface area contributed by atoms with Crippen LogP contribution in [0.5, 0.6) is 5.75 Å². The van der Waals surface area contributed by atoms with Crippen molar-refractivity contribution < 1.29 is 23.5 Å². The Hall–Kier alpha value is -3.22. The standard InChI is InChI=1S/C18H17FN2O4/c1-2-24-18(23)14-5-9-16(10-6-14)25-12-17(22)21-20-11-13-3-7-15(19)8-4-13/h3-11H,2,12H2,1H3,(H,21,22)/b20-11+. The quantitative estimate of drug-likeness (QED) is 0.476. The van der Waals surface area contributed by atoms with Gasteiger partial charge >= 0.3 is 5.97 Å². The van der Waals surface area contributed by atoms with Crippen LogP contribution < -0.4 is 10.2 Å². The largest absolute Gasteiger partial charge is 0.484 e. The number of hydrogen-bond acceptors (Lipinski definition) is 5. The van der Waals surface area contributed by atoms with E-state index in [2.05, 4.69) is 10.5 Å². The van der Waals surface area contributed by atoms with Gasteiger partial charge in [-0.2, -0.15) is 5.10 Å². The highest BCUT2D eigenvalue weighted by atomic mass is 19.1. The Kier molecular flexibility index (Phi) is 6.65. The Morgan fingerprint density at radius 2 is 1.80 bits per heavy atom. The number of rotatable bonds is 7. The van der Waals surface area contributed by atoms with Crippen LogP contribution in [0.4, 0.5) is 4.39 Å². The highest BCUT2D eigenvalue weighted by Crippen LogP contribution is 2.12. The lowest BCUT2D eigenvalue weighted by Gasteiger charge is -2.06. The molecule has 25 heavy (non-hydrogen) atoms. The van der Waals surface area contributed by atoms with Gasteiger partial charge in [-0.1, -0.05) is 12.1 Å². The number of benzene rings is 2. The zero-order valence-electron chi connectivity index (χ0n) is 13.6. The van der Waals surface area contributed by atoms with Crippen LogP contribution in [0.3, 0.4) is 0 Å². The van der Waals surface area contributed by atoms with Crippen molar-refractivity contribution in [3.8, 4) is 5.75 Å². The average Bonchev–Trinajstić information content (AvgIpc) is 2.62. The number of nitrogens with zero attached hydrogens (tertiary/aromatic N) is 1. The molecule has 130 valence electrons. The van der Waals surface area contributed by atoms with Gasteiger partial charge in [0.2, 0.25) is 0 Å². The molecule has 6 nitrogen and oxygen atoms in total. The van der Waals surface area contributed by atoms with Crippen LogP contribution in [0.25, 0.3) is 0 Å². The third-order valence-electron chi connectivity index (χ3n) is 3.01. The van der Waals surface area contributed by atoms with Gasteiger partial charge in [0.25, 0.3) is 5.91 Å². The van der Waals surface area contributed by atoms with E-state index in [-0.39, 0.29) is 12.4 Å². The first-order chi connectivity index (χ1) is 12.1. The van der Waals surface area contributed by atoms with E-state index in [0.717, 1.165) is 0 Å². The molecule has 0 fully saturated rings. The molecule has 7 heteroatoms. The molecule has 0 saturated heterocycles. The Bertz CT molecular complexity index is 743. The molecule has 1 amide bonds. The highest BCUT2D eigenvalue weighted by Gasteiger charge is 2.07. The lowest BCUT2D eigenvalue weighted by molar-refractivity contribution is -0.123. The maximum atomic E-state index is 12.7. The molecule has 2 aromatic carbocycles. The van der Waals surface area contributed by atoms with Gasteiger partial charge in [-0.05, 0) is 48.9 Å². The first kappa shape index (κ1) is 18.1. The number of halogens is 1. The van der Waals surface area contributed by atoms with Gasteiger partial charge in [-0.3, -0.25) is 4.79 Å². The van der Waals surface area contributed by atoms with E-state index in [0.29, 0.717) is 23.5 Å². The molecule has 0 aliphatic carbocycles. The van der Waals surface area contributed by atoms with Crippen molar-refractivity contribution >= 4 is 18.1 Å². The third-order valence-corrected chi connectivity index (χ3v) is 3.01. The van der Waals surface area contributed by atoms with Gasteiger partial charge in [-0.25, -0.2) is 14.6 Å². The number of hydrogen-bond donors (Lipinski definition) is 1. The first-order valence-corrected chi connectivity index (χ1v) is 7.56. The van der Waals surface area contributed by atoms with Crippen LogP contribution in [0.2, 0.25) is 0 Å². The van der Waals surface area contributed by atoms with E-state index in [1.807, 2.05) is 0 Å². The maximum absolute atomic E-state index is 12.7. The number of amides is 1. The minimum Gasteiger partial charge on any atom is -0.484 e. The molecule has 0 radical (unpaired) electrons. The van der Waals surface area contributed by atoms with Crippen molar-refractivity contribution in [2.75, 3.05) is 13.2 Å². The van der Waals surface area contributed by atoms with Crippen molar-refractivity contribution in [1.29, 1.82) is 0 Å². The Balaban J connectivity index is 1.77. The molecule has 0 saturated carbocycles. The summed E-state index contributed by atoms with van der Waals surface area (Å²) >= 11 is 0. The topological polar surface area (TPSA) is 77.0 Å². The zero-order chi connectivity index (χ0) is 18.1. The van der Waals surface area contributed by atoms with E-state index in [4.69, 9.17) is 9.47 Å². The third kappa shape index (κ3) is 6.06. The molecule has 0 bridgehead atoms. The molecule has 0 unspecified atom stereocenters. The number of hydrazone groups is 1. The summed E-state index contributed by atoms with van der Waals surface area (Å²) in [6, 6.07) is 11.9. The molecule has 0 aliphatic rings. The second-order valence-corrected chi connectivity index (χ2v) is 4.88. The summed E-state index contributed by atoms with van der Waals surface area (Å²) in [5.74, 6) is -0.774. The summed E-state index contributed by atoms with van der Waals surface area (Å²) in [5, 5.41) is 3.75. The first-order valence-electron chi connectivity index (χ1n) is 7.56. The number of carbonyl (C=O) groups excluding carboxylic acids is 2. The molecule has 0 spiro atoms. The second-order valence-electron chi connectivity index (χ2n) is 4.88. The van der Waals surface area contributed by atoms with Crippen molar-refractivity contribution in [1.82, 2.24) is 5.43 Å². The van der Waals surface area contributed by atoms with Gasteiger partial charge in [-0.15, -0.1) is 0 Å². The predicted octanol–water partition coefficient (Wildman–Crippen LogP) is 2.53. The van der Waals surface area contributed by atoms with E-state index >= 15 is 0 Å². The Morgan fingerprint density at radius 1 is 1.12 bits per heavy atom. The van der Waals surface area contributed by atoms with Gasteiger partial charge < -0.3 is 9.47 Å². The fourth-order valence-electron chi connectivity index (χ4n) is 1.81. The Labute approximate surface area is 144 Å². The van der Waals surface area contributed by atoms with E-state index < -0.39 is 11.9 Å². The predicted molar refractivity (Wildman–Crippen MR) is 90.0 cm³/mol. The van der Waals surface area contributed by atoms with Crippen molar-refractivity contribution in [3.05, 3.63) is 65.5 Å². The SMILES string of the molecule is CCOC(=O)c1ccc(OCC(=O)N/N=C/c2ccc(F)cc2)cc1. The normalized spacial score (nSPS) is 10.5. The lowest BCUT2D eigenvalue weighted by Crippen LogP contribution is -2.24. The highest BCUT2D eigenvalue weighted by molar-refractivity contribution is 5.89. The molecule has 2 rings (SSSR count). The van der Waals surface area contributed by atoms with Gasteiger partial charge in [0.15, 0.2) is 6.61 Å². The molecule has 1 N–H and O–H groups in total. The van der Waals surface area contributed by atoms with Crippen molar-refractivity contribution in [2.45, 2.75) is 6.92 Å². The molecule has 0 aromatic heterocycles. The van der Waals surface area contributed by atoms with Gasteiger partial charge in [0.05, 0.1) is 18.4 Å². The van der Waals surface area contributed by atoms with Crippen LogP contribution in [-0.2, 0) is 9.53 Å². The molecule has 0 heterocycles. The number of carbonyl (C=O) groups is 2. The average molecular weight is 344 g/mol. The molecular formula is C18H17FN2O4. The number of ether oxygens (including phenoxy) is 2. The summed E-state index contributed by atoms with van der Waals surface area (Å²) in [7, 11) is 0. The smallest absolute Gasteiger partial charge is 0.338 e. The van der Waals surface area contributed by atoms with Crippen LogP contribution in [0.15, 0.2) is 53.6 Å². The minimum atomic E-state index is -0.451. The van der Waals surface area contributed by atoms with E-state index in [9.17, 15) is 14.0 Å². The van der Waals surface area contributed by atoms with Crippen LogP contribution in [-0.4, -0.2) is 31.3 Å². The van der Waals surface area contributed by atoms with E-state index in [1.54, 1.807) is 31.2 Å². The van der Waals surface area contributed by atoms with Gasteiger partial charge in [0, 0.05) is 0 Å². The molecule has 0 atom stereocenters. The fraction of sp³-hybridized carbons (Fsp3) is 0.167. The van der Waals surface area contributed by atoms with E-state index in [1.165, 1.54) is 30.5 Å². The van der Waals surface area contributed by atoms with Crippen LogP contribution >= 0.6 is 0 Å². The molecular weight excluding hydrogens is 327 g/mol. The number of nitrogens with one attached hydrogen (secondary N) is 1. The maximum Gasteiger partial charge on any atom is 0.338 e. The van der Waals surface area contributed by atoms with Crippen molar-refractivity contribution in [3.63, 3.8) is 0 Å². The minimum absolute atomic E-state index is 0.237. The Morgan fingerprint density at radius 3 is 2.44 bits per heavy atom. The zero-order valence-corrected chi connectivity index (χ0v) is 13.6. The van der Waals surface area contributed by atoms with Crippen molar-refractivity contribution in [2.24, 2.45) is 5.10 Å². The lowest BCUT2D eigenvalue weighted by atomic mass is 10.2. The molecule has 0 aliphatic heterocycles. The summed E-state index contributed by atoms with van der Waals surface area (Å²) < 4.78 is 22.9. The summed E-state index contributed by atoms with van der Waals surface area (Å²) in [6.07, 6.45) is 1.39.